The lowest BCUT2D eigenvalue weighted by Gasteiger charge is -2.18. The molecule has 2 aromatic carbocycles. The quantitative estimate of drug-likeness (QED) is 0.657. The molecule has 0 radical (unpaired) electrons. The highest BCUT2D eigenvalue weighted by atomic mass is 16.5. The number of carbonyl (C=O) groups excluding carboxylic acids is 1. The van der Waals surface area contributed by atoms with Gasteiger partial charge in [0.1, 0.15) is 17.3 Å². The fraction of sp³-hybridized carbons (Fsp3) is 0.217. The first kappa shape index (κ1) is 20.2. The zero-order valence-electron chi connectivity index (χ0n) is 16.6. The van der Waals surface area contributed by atoms with Gasteiger partial charge in [-0.2, -0.15) is 0 Å². The van der Waals surface area contributed by atoms with Gasteiger partial charge in [-0.1, -0.05) is 29.8 Å². The van der Waals surface area contributed by atoms with E-state index in [0.29, 0.717) is 22.8 Å². The zero-order chi connectivity index (χ0) is 21.0. The van der Waals surface area contributed by atoms with Gasteiger partial charge in [0.05, 0.1) is 12.7 Å². The van der Waals surface area contributed by atoms with Gasteiger partial charge in [-0.3, -0.25) is 4.79 Å². The van der Waals surface area contributed by atoms with E-state index in [1.54, 1.807) is 38.3 Å². The van der Waals surface area contributed by atoms with Crippen molar-refractivity contribution in [2.45, 2.75) is 26.2 Å². The molecule has 0 saturated carbocycles. The summed E-state index contributed by atoms with van der Waals surface area (Å²) in [4.78, 5) is 25.2. The van der Waals surface area contributed by atoms with Crippen LogP contribution >= 0.6 is 0 Å². The van der Waals surface area contributed by atoms with Gasteiger partial charge in [0.2, 0.25) is 5.91 Å². The summed E-state index contributed by atoms with van der Waals surface area (Å²) in [5, 5.41) is 13.3. The van der Waals surface area contributed by atoms with Crippen LogP contribution < -0.4 is 15.7 Å². The number of carbonyl (C=O) groups is 1. The Labute approximate surface area is 168 Å². The number of anilines is 1. The van der Waals surface area contributed by atoms with E-state index >= 15 is 0 Å². The lowest BCUT2D eigenvalue weighted by Crippen LogP contribution is -2.21. The topological polar surface area (TPSA) is 88.8 Å². The molecule has 0 fully saturated rings. The van der Waals surface area contributed by atoms with Gasteiger partial charge in [-0.25, -0.2) is 4.79 Å². The maximum Gasteiger partial charge on any atom is 0.343 e. The molecule has 0 bridgehead atoms. The number of aromatic hydroxyl groups is 1. The molecule has 3 rings (SSSR count). The number of benzene rings is 2. The van der Waals surface area contributed by atoms with Crippen LogP contribution in [0.15, 0.2) is 63.8 Å². The molecule has 150 valence electrons. The third-order valence-corrected chi connectivity index (χ3v) is 4.68. The van der Waals surface area contributed by atoms with Crippen LogP contribution in [-0.2, 0) is 4.79 Å². The van der Waals surface area contributed by atoms with Crippen LogP contribution in [0.25, 0.3) is 0 Å². The number of methoxy groups -OCH3 is 1. The third kappa shape index (κ3) is 4.85. The molecule has 1 atom stereocenters. The van der Waals surface area contributed by atoms with E-state index in [-0.39, 0.29) is 23.6 Å². The van der Waals surface area contributed by atoms with E-state index in [2.05, 4.69) is 5.32 Å². The second kappa shape index (κ2) is 8.65. The van der Waals surface area contributed by atoms with Gasteiger partial charge in [-0.05, 0) is 43.7 Å². The largest absolute Gasteiger partial charge is 0.507 e. The maximum atomic E-state index is 12.7. The van der Waals surface area contributed by atoms with Crippen molar-refractivity contribution in [1.82, 2.24) is 0 Å². The van der Waals surface area contributed by atoms with Crippen LogP contribution in [0.1, 0.15) is 34.8 Å². The van der Waals surface area contributed by atoms with E-state index < -0.39 is 11.5 Å². The predicted octanol–water partition coefficient (Wildman–Crippen LogP) is 4.13. The minimum Gasteiger partial charge on any atom is -0.507 e. The zero-order valence-corrected chi connectivity index (χ0v) is 16.6. The van der Waals surface area contributed by atoms with Gasteiger partial charge >= 0.3 is 5.63 Å². The van der Waals surface area contributed by atoms with Gasteiger partial charge < -0.3 is 19.6 Å². The second-order valence-electron chi connectivity index (χ2n) is 6.89. The van der Waals surface area contributed by atoms with Gasteiger partial charge in [-0.15, -0.1) is 0 Å². The van der Waals surface area contributed by atoms with Crippen molar-refractivity contribution in [2.24, 2.45) is 0 Å². The summed E-state index contributed by atoms with van der Waals surface area (Å²) in [7, 11) is 1.56. The summed E-state index contributed by atoms with van der Waals surface area (Å²) in [6.45, 7) is 3.54. The van der Waals surface area contributed by atoms with Gasteiger partial charge in [0.15, 0.2) is 0 Å². The second-order valence-corrected chi connectivity index (χ2v) is 6.89. The third-order valence-electron chi connectivity index (χ3n) is 4.68. The number of nitrogens with one attached hydrogen (secondary N) is 1. The molecule has 0 aliphatic heterocycles. The Morgan fingerprint density at radius 3 is 2.34 bits per heavy atom. The van der Waals surface area contributed by atoms with Crippen molar-refractivity contribution in [1.29, 1.82) is 0 Å². The molecule has 0 aliphatic carbocycles. The fourth-order valence-corrected chi connectivity index (χ4v) is 3.18. The average molecular weight is 393 g/mol. The minimum absolute atomic E-state index is 0.0401. The van der Waals surface area contributed by atoms with E-state index in [9.17, 15) is 14.7 Å². The monoisotopic (exact) mass is 393 g/mol. The van der Waals surface area contributed by atoms with Crippen LogP contribution in [0, 0.1) is 13.8 Å². The highest BCUT2D eigenvalue weighted by molar-refractivity contribution is 5.91. The first-order chi connectivity index (χ1) is 13.9. The number of rotatable bonds is 6. The number of hydrogen-bond acceptors (Lipinski definition) is 5. The summed E-state index contributed by atoms with van der Waals surface area (Å²) >= 11 is 0. The normalized spacial score (nSPS) is 11.7. The van der Waals surface area contributed by atoms with Crippen molar-refractivity contribution in [3.05, 3.63) is 87.5 Å². The molecule has 6 nitrogen and oxygen atoms in total. The molecule has 3 aromatic rings. The molecule has 1 amide bonds. The molecule has 0 saturated heterocycles. The smallest absolute Gasteiger partial charge is 0.343 e. The van der Waals surface area contributed by atoms with Crippen LogP contribution in [0.2, 0.25) is 0 Å². The first-order valence-corrected chi connectivity index (χ1v) is 9.21. The van der Waals surface area contributed by atoms with Crippen LogP contribution in [0.4, 0.5) is 5.69 Å². The van der Waals surface area contributed by atoms with E-state index in [0.717, 1.165) is 5.56 Å². The summed E-state index contributed by atoms with van der Waals surface area (Å²) in [5.41, 5.74) is 1.83. The SMILES string of the molecule is COc1ccc(C(CC(=O)Nc2ccc(C)cc2)c2c(O)cc(C)oc2=O)cc1. The Balaban J connectivity index is 1.95. The van der Waals surface area contributed by atoms with E-state index in [1.807, 2.05) is 31.2 Å². The van der Waals surface area contributed by atoms with Crippen LogP contribution in [0.5, 0.6) is 11.5 Å². The van der Waals surface area contributed by atoms with E-state index in [1.165, 1.54) is 6.07 Å². The van der Waals surface area contributed by atoms with Crippen molar-refractivity contribution < 1.29 is 19.1 Å². The first-order valence-electron chi connectivity index (χ1n) is 9.21. The molecule has 1 unspecified atom stereocenters. The Morgan fingerprint density at radius 2 is 1.76 bits per heavy atom. The number of ether oxygens (including phenoxy) is 1. The molecule has 1 heterocycles. The number of hydrogen-bond donors (Lipinski definition) is 2. The molecule has 0 aliphatic rings. The molecular weight excluding hydrogens is 370 g/mol. The van der Waals surface area contributed by atoms with Crippen LogP contribution in [0.3, 0.4) is 0 Å². The summed E-state index contributed by atoms with van der Waals surface area (Å²) < 4.78 is 10.4. The minimum atomic E-state index is -0.678. The van der Waals surface area contributed by atoms with Crippen LogP contribution in [-0.4, -0.2) is 18.1 Å². The lowest BCUT2D eigenvalue weighted by molar-refractivity contribution is -0.116. The standard InChI is InChI=1S/C23H23NO5/c1-14-4-8-17(9-5-14)24-21(26)13-19(16-6-10-18(28-3)11-7-16)22-20(25)12-15(2)29-23(22)27/h4-12,19,25H,13H2,1-3H3,(H,24,26). The number of aryl methyl sites for hydroxylation is 2. The highest BCUT2D eigenvalue weighted by Crippen LogP contribution is 2.33. The van der Waals surface area contributed by atoms with Crippen molar-refractivity contribution in [3.8, 4) is 11.5 Å². The average Bonchev–Trinajstić information content (AvgIpc) is 2.68. The highest BCUT2D eigenvalue weighted by Gasteiger charge is 2.26. The summed E-state index contributed by atoms with van der Waals surface area (Å²) in [5.74, 6) is -0.203. The molecule has 29 heavy (non-hydrogen) atoms. The van der Waals surface area contributed by atoms with Gasteiger partial charge in [0.25, 0.3) is 0 Å². The molecule has 6 heteroatoms. The lowest BCUT2D eigenvalue weighted by atomic mass is 9.88. The molecule has 0 spiro atoms. The fourth-order valence-electron chi connectivity index (χ4n) is 3.18. The molecule has 1 aromatic heterocycles. The Bertz CT molecular complexity index is 1050. The summed E-state index contributed by atoms with van der Waals surface area (Å²) in [6.07, 6.45) is -0.0401. The molecule has 2 N–H and O–H groups in total. The van der Waals surface area contributed by atoms with Crippen molar-refractivity contribution in [3.63, 3.8) is 0 Å². The predicted molar refractivity (Wildman–Crippen MR) is 111 cm³/mol. The Kier molecular flexibility index (Phi) is 6.02. The summed E-state index contributed by atoms with van der Waals surface area (Å²) in [6, 6.07) is 15.8. The Hall–Kier alpha value is -3.54. The molecular formula is C23H23NO5. The van der Waals surface area contributed by atoms with Gasteiger partial charge in [0, 0.05) is 24.1 Å². The maximum absolute atomic E-state index is 12.7. The van der Waals surface area contributed by atoms with Crippen molar-refractivity contribution >= 4 is 11.6 Å². The number of amides is 1. The van der Waals surface area contributed by atoms with E-state index in [4.69, 9.17) is 9.15 Å². The van der Waals surface area contributed by atoms with Crippen molar-refractivity contribution in [2.75, 3.05) is 12.4 Å². The Morgan fingerprint density at radius 1 is 1.10 bits per heavy atom.